The van der Waals surface area contributed by atoms with E-state index in [-0.39, 0.29) is 11.5 Å². The SMILES string of the molecule is CCCNC(Cc1nc(-c2cnccn2)no1)C(C)(C)C. The lowest BCUT2D eigenvalue weighted by Gasteiger charge is -2.30. The number of hydrogen-bond donors (Lipinski definition) is 1. The van der Waals surface area contributed by atoms with E-state index in [1.165, 1.54) is 0 Å². The summed E-state index contributed by atoms with van der Waals surface area (Å²) >= 11 is 0. The zero-order valence-electron chi connectivity index (χ0n) is 13.1. The van der Waals surface area contributed by atoms with Gasteiger partial charge in [-0.1, -0.05) is 32.9 Å². The summed E-state index contributed by atoms with van der Waals surface area (Å²) in [5.74, 6) is 1.11. The number of nitrogens with zero attached hydrogens (tertiary/aromatic N) is 4. The van der Waals surface area contributed by atoms with E-state index in [4.69, 9.17) is 4.52 Å². The minimum Gasteiger partial charge on any atom is -0.339 e. The maximum absolute atomic E-state index is 5.36. The Kier molecular flexibility index (Phi) is 5.01. The lowest BCUT2D eigenvalue weighted by atomic mass is 9.84. The summed E-state index contributed by atoms with van der Waals surface area (Å²) in [6.07, 6.45) is 6.67. The van der Waals surface area contributed by atoms with Crippen molar-refractivity contribution in [1.29, 1.82) is 0 Å². The van der Waals surface area contributed by atoms with Gasteiger partial charge in [-0.15, -0.1) is 0 Å². The Bertz CT molecular complexity index is 547. The highest BCUT2D eigenvalue weighted by molar-refractivity contribution is 5.45. The third-order valence-electron chi connectivity index (χ3n) is 3.33. The Hall–Kier alpha value is -1.82. The summed E-state index contributed by atoms with van der Waals surface area (Å²) in [4.78, 5) is 12.6. The molecule has 0 bridgehead atoms. The number of rotatable bonds is 6. The number of hydrogen-bond acceptors (Lipinski definition) is 6. The van der Waals surface area contributed by atoms with E-state index in [2.05, 4.69) is 53.1 Å². The maximum Gasteiger partial charge on any atom is 0.228 e. The minimum absolute atomic E-state index is 0.121. The van der Waals surface area contributed by atoms with Crippen LogP contribution in [0.1, 0.15) is 40.0 Å². The van der Waals surface area contributed by atoms with Crippen molar-refractivity contribution < 1.29 is 4.52 Å². The van der Waals surface area contributed by atoms with Gasteiger partial charge in [0.25, 0.3) is 0 Å². The molecule has 0 aliphatic rings. The molecule has 2 aromatic heterocycles. The standard InChI is InChI=1S/C15H23N5O/c1-5-6-18-12(15(2,3)4)9-13-19-14(20-21-13)11-10-16-7-8-17-11/h7-8,10,12,18H,5-6,9H2,1-4H3. The average Bonchev–Trinajstić information content (AvgIpc) is 2.92. The lowest BCUT2D eigenvalue weighted by molar-refractivity contribution is 0.244. The van der Waals surface area contributed by atoms with Crippen LogP contribution in [0, 0.1) is 5.41 Å². The largest absolute Gasteiger partial charge is 0.339 e. The third-order valence-corrected chi connectivity index (χ3v) is 3.33. The van der Waals surface area contributed by atoms with Crippen LogP contribution in [0.4, 0.5) is 0 Å². The van der Waals surface area contributed by atoms with Crippen molar-refractivity contribution >= 4 is 0 Å². The number of nitrogens with one attached hydrogen (secondary N) is 1. The Balaban J connectivity index is 2.10. The van der Waals surface area contributed by atoms with Crippen molar-refractivity contribution in [3.05, 3.63) is 24.5 Å². The van der Waals surface area contributed by atoms with Crippen LogP contribution in [0.25, 0.3) is 11.5 Å². The zero-order chi connectivity index (χ0) is 15.3. The van der Waals surface area contributed by atoms with E-state index in [0.29, 0.717) is 23.8 Å². The van der Waals surface area contributed by atoms with Gasteiger partial charge < -0.3 is 9.84 Å². The van der Waals surface area contributed by atoms with Gasteiger partial charge in [0.15, 0.2) is 0 Å². The molecule has 0 saturated carbocycles. The van der Waals surface area contributed by atoms with Gasteiger partial charge in [-0.25, -0.2) is 4.98 Å². The van der Waals surface area contributed by atoms with Crippen molar-refractivity contribution in [2.45, 2.75) is 46.6 Å². The van der Waals surface area contributed by atoms with Crippen molar-refractivity contribution in [2.75, 3.05) is 6.54 Å². The van der Waals surface area contributed by atoms with Crippen LogP contribution in [0.5, 0.6) is 0 Å². The number of aromatic nitrogens is 4. The first kappa shape index (κ1) is 15.6. The maximum atomic E-state index is 5.36. The highest BCUT2D eigenvalue weighted by atomic mass is 16.5. The second kappa shape index (κ2) is 6.76. The molecule has 0 spiro atoms. The van der Waals surface area contributed by atoms with Crippen LogP contribution < -0.4 is 5.32 Å². The molecule has 1 N–H and O–H groups in total. The van der Waals surface area contributed by atoms with Gasteiger partial charge in [-0.2, -0.15) is 4.98 Å². The van der Waals surface area contributed by atoms with Crippen LogP contribution in [-0.2, 0) is 6.42 Å². The van der Waals surface area contributed by atoms with E-state index in [0.717, 1.165) is 13.0 Å². The van der Waals surface area contributed by atoms with Gasteiger partial charge in [0.2, 0.25) is 11.7 Å². The molecule has 1 unspecified atom stereocenters. The molecule has 2 rings (SSSR count). The summed E-state index contributed by atoms with van der Waals surface area (Å²) in [6.45, 7) is 9.76. The molecule has 0 amide bonds. The minimum atomic E-state index is 0.121. The molecule has 6 nitrogen and oxygen atoms in total. The van der Waals surface area contributed by atoms with Crippen LogP contribution in [0.3, 0.4) is 0 Å². The summed E-state index contributed by atoms with van der Waals surface area (Å²) in [7, 11) is 0. The Morgan fingerprint density at radius 2 is 2.10 bits per heavy atom. The van der Waals surface area contributed by atoms with Crippen LogP contribution in [0.15, 0.2) is 23.1 Å². The molecular formula is C15H23N5O. The highest BCUT2D eigenvalue weighted by Gasteiger charge is 2.26. The quantitative estimate of drug-likeness (QED) is 0.880. The topological polar surface area (TPSA) is 76.7 Å². The fourth-order valence-corrected chi connectivity index (χ4v) is 2.03. The summed E-state index contributed by atoms with van der Waals surface area (Å²) in [5, 5.41) is 7.54. The second-order valence-electron chi connectivity index (χ2n) is 6.18. The molecule has 0 aliphatic carbocycles. The zero-order valence-corrected chi connectivity index (χ0v) is 13.1. The predicted octanol–water partition coefficient (Wildman–Crippen LogP) is 2.48. The normalized spacial score (nSPS) is 13.3. The van der Waals surface area contributed by atoms with Gasteiger partial charge in [-0.3, -0.25) is 4.98 Å². The molecule has 2 heterocycles. The third kappa shape index (κ3) is 4.32. The van der Waals surface area contributed by atoms with Gasteiger partial charge in [-0.05, 0) is 18.4 Å². The van der Waals surface area contributed by atoms with Gasteiger partial charge in [0.05, 0.1) is 6.20 Å². The molecule has 1 atom stereocenters. The van der Waals surface area contributed by atoms with Gasteiger partial charge in [0.1, 0.15) is 5.69 Å². The molecule has 0 aliphatic heterocycles. The van der Waals surface area contributed by atoms with E-state index in [1.54, 1.807) is 18.6 Å². The molecular weight excluding hydrogens is 266 g/mol. The smallest absolute Gasteiger partial charge is 0.228 e. The molecule has 0 saturated heterocycles. The van der Waals surface area contributed by atoms with Crippen LogP contribution in [0.2, 0.25) is 0 Å². The molecule has 0 aromatic carbocycles. The molecule has 2 aromatic rings. The van der Waals surface area contributed by atoms with Crippen molar-refractivity contribution in [1.82, 2.24) is 25.4 Å². The molecule has 21 heavy (non-hydrogen) atoms. The van der Waals surface area contributed by atoms with Gasteiger partial charge in [0, 0.05) is 24.9 Å². The highest BCUT2D eigenvalue weighted by Crippen LogP contribution is 2.23. The van der Waals surface area contributed by atoms with E-state index >= 15 is 0 Å². The Labute approximate surface area is 125 Å². The summed E-state index contributed by atoms with van der Waals surface area (Å²) in [5.41, 5.74) is 0.748. The molecule has 6 heteroatoms. The first-order valence-electron chi connectivity index (χ1n) is 7.33. The predicted molar refractivity (Wildman–Crippen MR) is 80.6 cm³/mol. The Morgan fingerprint density at radius 3 is 2.71 bits per heavy atom. The summed E-state index contributed by atoms with van der Waals surface area (Å²) < 4.78 is 5.36. The fourth-order valence-electron chi connectivity index (χ4n) is 2.03. The van der Waals surface area contributed by atoms with Crippen LogP contribution >= 0.6 is 0 Å². The lowest BCUT2D eigenvalue weighted by Crippen LogP contribution is -2.42. The fraction of sp³-hybridized carbons (Fsp3) is 0.600. The monoisotopic (exact) mass is 289 g/mol. The van der Waals surface area contributed by atoms with E-state index in [9.17, 15) is 0 Å². The summed E-state index contributed by atoms with van der Waals surface area (Å²) in [6, 6.07) is 0.285. The van der Waals surface area contributed by atoms with Crippen LogP contribution in [-0.4, -0.2) is 32.7 Å². The molecule has 114 valence electrons. The second-order valence-corrected chi connectivity index (χ2v) is 6.18. The van der Waals surface area contributed by atoms with E-state index < -0.39 is 0 Å². The first-order valence-corrected chi connectivity index (χ1v) is 7.33. The Morgan fingerprint density at radius 1 is 1.29 bits per heavy atom. The van der Waals surface area contributed by atoms with Crippen molar-refractivity contribution in [3.8, 4) is 11.5 Å². The van der Waals surface area contributed by atoms with Gasteiger partial charge >= 0.3 is 0 Å². The average molecular weight is 289 g/mol. The van der Waals surface area contributed by atoms with Crippen molar-refractivity contribution in [3.63, 3.8) is 0 Å². The first-order chi connectivity index (χ1) is 10.0. The molecule has 0 radical (unpaired) electrons. The van der Waals surface area contributed by atoms with E-state index in [1.807, 2.05) is 0 Å². The van der Waals surface area contributed by atoms with Crippen molar-refractivity contribution in [2.24, 2.45) is 5.41 Å². The molecule has 0 fully saturated rings.